The molecule has 0 fully saturated rings. The highest BCUT2D eigenvalue weighted by molar-refractivity contribution is 7.92. The van der Waals surface area contributed by atoms with Crippen molar-refractivity contribution in [3.05, 3.63) is 58.6 Å². The molecule has 2 N–H and O–H groups in total. The maximum Gasteiger partial charge on any atom is 0.335 e. The SMILES string of the molecule is Cc1ccc(S(=O)(=O)Nc2cccc(C(=O)O)c2)c(Cl)c1. The van der Waals surface area contributed by atoms with E-state index < -0.39 is 16.0 Å². The lowest BCUT2D eigenvalue weighted by Crippen LogP contribution is -2.14. The van der Waals surface area contributed by atoms with Gasteiger partial charge in [-0.25, -0.2) is 13.2 Å². The quantitative estimate of drug-likeness (QED) is 0.904. The summed E-state index contributed by atoms with van der Waals surface area (Å²) in [5.41, 5.74) is 0.989. The second-order valence-electron chi connectivity index (χ2n) is 4.43. The van der Waals surface area contributed by atoms with Crippen molar-refractivity contribution in [3.63, 3.8) is 0 Å². The molecular weight excluding hydrogens is 314 g/mol. The van der Waals surface area contributed by atoms with E-state index in [9.17, 15) is 13.2 Å². The first-order chi connectivity index (χ1) is 9.79. The van der Waals surface area contributed by atoms with Crippen molar-refractivity contribution in [2.45, 2.75) is 11.8 Å². The molecule has 2 rings (SSSR count). The molecule has 0 aliphatic carbocycles. The van der Waals surface area contributed by atoms with Gasteiger partial charge in [-0.15, -0.1) is 0 Å². The van der Waals surface area contributed by atoms with Crippen LogP contribution < -0.4 is 4.72 Å². The number of carboxylic acids is 1. The summed E-state index contributed by atoms with van der Waals surface area (Å²) in [5, 5.41) is 9.01. The molecule has 0 aliphatic heterocycles. The van der Waals surface area contributed by atoms with Gasteiger partial charge in [-0.1, -0.05) is 23.7 Å². The lowest BCUT2D eigenvalue weighted by Gasteiger charge is -2.10. The van der Waals surface area contributed by atoms with Gasteiger partial charge < -0.3 is 5.11 Å². The Bertz CT molecular complexity index is 802. The fraction of sp³-hybridized carbons (Fsp3) is 0.0714. The Kier molecular flexibility index (Phi) is 4.20. The van der Waals surface area contributed by atoms with E-state index in [0.29, 0.717) is 0 Å². The van der Waals surface area contributed by atoms with Crippen LogP contribution in [0.4, 0.5) is 5.69 Å². The van der Waals surface area contributed by atoms with Gasteiger partial charge in [0.2, 0.25) is 0 Å². The van der Waals surface area contributed by atoms with E-state index >= 15 is 0 Å². The number of aromatic carboxylic acids is 1. The number of carboxylic acid groups (broad SMARTS) is 1. The van der Waals surface area contributed by atoms with E-state index in [1.54, 1.807) is 19.1 Å². The molecule has 0 heterocycles. The summed E-state index contributed by atoms with van der Waals surface area (Å²) in [7, 11) is -3.88. The maximum atomic E-state index is 12.3. The van der Waals surface area contributed by atoms with E-state index in [-0.39, 0.29) is 21.2 Å². The maximum absolute atomic E-state index is 12.3. The Hall–Kier alpha value is -2.05. The molecule has 0 saturated heterocycles. The second kappa shape index (κ2) is 5.75. The standard InChI is InChI=1S/C14H12ClNO4S/c1-9-5-6-13(12(15)7-9)21(19,20)16-11-4-2-3-10(8-11)14(17)18/h2-8,16H,1H3,(H,17,18). The summed E-state index contributed by atoms with van der Waals surface area (Å²) in [4.78, 5) is 10.8. The largest absolute Gasteiger partial charge is 0.478 e. The summed E-state index contributed by atoms with van der Waals surface area (Å²) in [5.74, 6) is -1.13. The van der Waals surface area contributed by atoms with Gasteiger partial charge in [0.25, 0.3) is 10.0 Å². The molecular formula is C14H12ClNO4S. The van der Waals surface area contributed by atoms with Gasteiger partial charge in [0.1, 0.15) is 4.90 Å². The van der Waals surface area contributed by atoms with E-state index in [1.165, 1.54) is 30.3 Å². The first-order valence-corrected chi connectivity index (χ1v) is 7.78. The van der Waals surface area contributed by atoms with E-state index in [4.69, 9.17) is 16.7 Å². The van der Waals surface area contributed by atoms with Crippen LogP contribution in [0, 0.1) is 6.92 Å². The highest BCUT2D eigenvalue weighted by atomic mass is 35.5. The normalized spacial score (nSPS) is 11.1. The summed E-state index contributed by atoms with van der Waals surface area (Å²) in [6, 6.07) is 10.1. The van der Waals surface area contributed by atoms with Gasteiger partial charge in [0, 0.05) is 5.69 Å². The van der Waals surface area contributed by atoms with E-state index in [1.807, 2.05) is 0 Å². The van der Waals surface area contributed by atoms with Crippen LogP contribution in [0.2, 0.25) is 5.02 Å². The van der Waals surface area contributed by atoms with Crippen molar-refractivity contribution in [3.8, 4) is 0 Å². The number of aryl methyl sites for hydroxylation is 1. The van der Waals surface area contributed by atoms with E-state index in [0.717, 1.165) is 5.56 Å². The number of sulfonamides is 1. The number of nitrogens with one attached hydrogen (secondary N) is 1. The van der Waals surface area contributed by atoms with Crippen molar-refractivity contribution < 1.29 is 18.3 Å². The van der Waals surface area contributed by atoms with Crippen molar-refractivity contribution in [2.75, 3.05) is 4.72 Å². The molecule has 0 spiro atoms. The number of hydrogen-bond acceptors (Lipinski definition) is 3. The Balaban J connectivity index is 2.37. The molecule has 0 aromatic heterocycles. The molecule has 21 heavy (non-hydrogen) atoms. The molecule has 0 unspecified atom stereocenters. The van der Waals surface area contributed by atoms with Crippen molar-refractivity contribution >= 4 is 33.3 Å². The van der Waals surface area contributed by atoms with Gasteiger partial charge in [0.05, 0.1) is 10.6 Å². The van der Waals surface area contributed by atoms with Crippen molar-refractivity contribution in [2.24, 2.45) is 0 Å². The molecule has 5 nitrogen and oxygen atoms in total. The summed E-state index contributed by atoms with van der Waals surface area (Å²) in [6.07, 6.45) is 0. The monoisotopic (exact) mass is 325 g/mol. The summed E-state index contributed by atoms with van der Waals surface area (Å²) in [6.45, 7) is 1.80. The minimum absolute atomic E-state index is 0.00907. The molecule has 0 aliphatic rings. The number of rotatable bonds is 4. The van der Waals surface area contributed by atoms with Crippen LogP contribution in [0.25, 0.3) is 0 Å². The van der Waals surface area contributed by atoms with Gasteiger partial charge in [0.15, 0.2) is 0 Å². The van der Waals surface area contributed by atoms with Gasteiger partial charge in [-0.05, 0) is 42.8 Å². The third-order valence-corrected chi connectivity index (χ3v) is 4.60. The number of hydrogen-bond donors (Lipinski definition) is 2. The zero-order valence-electron chi connectivity index (χ0n) is 11.0. The highest BCUT2D eigenvalue weighted by Gasteiger charge is 2.18. The molecule has 110 valence electrons. The average molecular weight is 326 g/mol. The third-order valence-electron chi connectivity index (χ3n) is 2.74. The van der Waals surface area contributed by atoms with Crippen LogP contribution in [0.3, 0.4) is 0 Å². The Morgan fingerprint density at radius 3 is 2.52 bits per heavy atom. The zero-order chi connectivity index (χ0) is 15.6. The molecule has 0 amide bonds. The second-order valence-corrected chi connectivity index (χ2v) is 6.48. The summed E-state index contributed by atoms with van der Waals surface area (Å²) >= 11 is 5.95. The summed E-state index contributed by atoms with van der Waals surface area (Å²) < 4.78 is 26.9. The molecule has 0 radical (unpaired) electrons. The third kappa shape index (κ3) is 3.53. The first-order valence-electron chi connectivity index (χ1n) is 5.92. The molecule has 2 aromatic rings. The highest BCUT2D eigenvalue weighted by Crippen LogP contribution is 2.25. The molecule has 0 saturated carbocycles. The fourth-order valence-corrected chi connectivity index (χ4v) is 3.40. The predicted octanol–water partition coefficient (Wildman–Crippen LogP) is 3.15. The van der Waals surface area contributed by atoms with Crippen LogP contribution in [-0.4, -0.2) is 19.5 Å². The van der Waals surface area contributed by atoms with Gasteiger partial charge >= 0.3 is 5.97 Å². The van der Waals surface area contributed by atoms with Crippen LogP contribution in [0.5, 0.6) is 0 Å². The van der Waals surface area contributed by atoms with Crippen LogP contribution in [-0.2, 0) is 10.0 Å². The minimum Gasteiger partial charge on any atom is -0.478 e. The predicted molar refractivity (Wildman–Crippen MR) is 80.4 cm³/mol. The Labute approximate surface area is 127 Å². The average Bonchev–Trinajstić information content (AvgIpc) is 2.37. The lowest BCUT2D eigenvalue weighted by atomic mass is 10.2. The van der Waals surface area contributed by atoms with E-state index in [2.05, 4.69) is 4.72 Å². The first kappa shape index (κ1) is 15.3. The van der Waals surface area contributed by atoms with Gasteiger partial charge in [-0.2, -0.15) is 0 Å². The minimum atomic E-state index is -3.88. The van der Waals surface area contributed by atoms with Crippen LogP contribution >= 0.6 is 11.6 Å². The molecule has 2 aromatic carbocycles. The zero-order valence-corrected chi connectivity index (χ0v) is 12.6. The van der Waals surface area contributed by atoms with Crippen LogP contribution in [0.15, 0.2) is 47.4 Å². The number of anilines is 1. The lowest BCUT2D eigenvalue weighted by molar-refractivity contribution is 0.0697. The number of benzene rings is 2. The smallest absolute Gasteiger partial charge is 0.335 e. The number of halogens is 1. The molecule has 0 atom stereocenters. The topological polar surface area (TPSA) is 83.5 Å². The van der Waals surface area contributed by atoms with Crippen LogP contribution in [0.1, 0.15) is 15.9 Å². The van der Waals surface area contributed by atoms with Crippen molar-refractivity contribution in [1.29, 1.82) is 0 Å². The molecule has 0 bridgehead atoms. The number of carbonyl (C=O) groups is 1. The fourth-order valence-electron chi connectivity index (χ4n) is 1.75. The van der Waals surface area contributed by atoms with Gasteiger partial charge in [-0.3, -0.25) is 4.72 Å². The van der Waals surface area contributed by atoms with Crippen molar-refractivity contribution in [1.82, 2.24) is 0 Å². The Morgan fingerprint density at radius 1 is 1.19 bits per heavy atom. The molecule has 7 heteroatoms. The Morgan fingerprint density at radius 2 is 1.90 bits per heavy atom.